The minimum Gasteiger partial charge on any atom is -0.497 e. The van der Waals surface area contributed by atoms with Crippen molar-refractivity contribution in [1.29, 1.82) is 0 Å². The van der Waals surface area contributed by atoms with E-state index in [2.05, 4.69) is 4.72 Å². The van der Waals surface area contributed by atoms with Crippen molar-refractivity contribution in [2.75, 3.05) is 7.11 Å². The van der Waals surface area contributed by atoms with Crippen LogP contribution in [0.25, 0.3) is 0 Å². The maximum Gasteiger partial charge on any atom is 0.339 e. The highest BCUT2D eigenvalue weighted by Crippen LogP contribution is 2.41. The third kappa shape index (κ3) is 3.95. The van der Waals surface area contributed by atoms with Crippen LogP contribution in [0, 0.1) is 6.92 Å². The monoisotopic (exact) mass is 407 g/mol. The Labute approximate surface area is 172 Å². The van der Waals surface area contributed by atoms with Crippen molar-refractivity contribution in [1.82, 2.24) is 4.72 Å². The summed E-state index contributed by atoms with van der Waals surface area (Å²) in [6.07, 6.45) is -0.621. The highest BCUT2D eigenvalue weighted by molar-refractivity contribution is 7.83. The van der Waals surface area contributed by atoms with Crippen molar-refractivity contribution in [2.24, 2.45) is 0 Å². The van der Waals surface area contributed by atoms with Gasteiger partial charge in [-0.15, -0.1) is 0 Å². The van der Waals surface area contributed by atoms with E-state index in [0.29, 0.717) is 16.2 Å². The van der Waals surface area contributed by atoms with E-state index >= 15 is 0 Å². The summed E-state index contributed by atoms with van der Waals surface area (Å²) in [4.78, 5) is 13.1. The summed E-state index contributed by atoms with van der Waals surface area (Å²) in [5, 5.41) is 0. The van der Waals surface area contributed by atoms with Crippen LogP contribution in [0.15, 0.2) is 77.7 Å². The predicted molar refractivity (Wildman–Crippen MR) is 111 cm³/mol. The summed E-state index contributed by atoms with van der Waals surface area (Å²) in [5.41, 5.74) is 3.19. The zero-order chi connectivity index (χ0) is 20.4. The molecular weight excluding hydrogens is 386 g/mol. The lowest BCUT2D eigenvalue weighted by molar-refractivity contribution is 0.0314. The lowest BCUT2D eigenvalue weighted by Gasteiger charge is -2.24. The summed E-state index contributed by atoms with van der Waals surface area (Å²) < 4.78 is 27.2. The Morgan fingerprint density at radius 1 is 1.03 bits per heavy atom. The number of ether oxygens (including phenoxy) is 2. The fourth-order valence-electron chi connectivity index (χ4n) is 3.39. The molecule has 0 bridgehead atoms. The van der Waals surface area contributed by atoms with Gasteiger partial charge in [0.2, 0.25) is 0 Å². The number of carbonyl (C=O) groups is 1. The number of esters is 1. The molecule has 3 aromatic rings. The third-order valence-corrected chi connectivity index (χ3v) is 6.12. The number of aryl methyl sites for hydroxylation is 1. The average molecular weight is 407 g/mol. The molecule has 3 atom stereocenters. The number of hydrogen-bond acceptors (Lipinski definition) is 4. The van der Waals surface area contributed by atoms with Crippen molar-refractivity contribution in [3.8, 4) is 5.75 Å². The molecule has 29 heavy (non-hydrogen) atoms. The summed E-state index contributed by atoms with van der Waals surface area (Å²) >= 11 is 0. The van der Waals surface area contributed by atoms with Crippen LogP contribution < -0.4 is 9.46 Å². The second-order valence-electron chi connectivity index (χ2n) is 6.87. The Morgan fingerprint density at radius 3 is 2.45 bits per heavy atom. The van der Waals surface area contributed by atoms with Crippen LogP contribution in [0.1, 0.15) is 39.2 Å². The molecule has 4 rings (SSSR count). The first-order valence-corrected chi connectivity index (χ1v) is 10.4. The van der Waals surface area contributed by atoms with Gasteiger partial charge in [0.25, 0.3) is 0 Å². The lowest BCUT2D eigenvalue weighted by Crippen LogP contribution is -2.29. The van der Waals surface area contributed by atoms with Gasteiger partial charge in [0.1, 0.15) is 22.8 Å². The summed E-state index contributed by atoms with van der Waals surface area (Å²) in [5.74, 6) is 0.245. The summed E-state index contributed by atoms with van der Waals surface area (Å²) in [6, 6.07) is 21.8. The van der Waals surface area contributed by atoms with Crippen molar-refractivity contribution in [2.45, 2.75) is 24.0 Å². The van der Waals surface area contributed by atoms with E-state index in [1.54, 1.807) is 25.3 Å². The molecule has 5 nitrogen and oxygen atoms in total. The van der Waals surface area contributed by atoms with Gasteiger partial charge in [-0.05, 0) is 42.8 Å². The van der Waals surface area contributed by atoms with Gasteiger partial charge in [0.05, 0.1) is 23.6 Å². The lowest BCUT2D eigenvalue weighted by atomic mass is 9.95. The molecule has 0 fully saturated rings. The zero-order valence-electron chi connectivity index (χ0n) is 16.1. The molecule has 0 amide bonds. The minimum atomic E-state index is -1.49. The Balaban J connectivity index is 1.72. The minimum absolute atomic E-state index is 0.392. The van der Waals surface area contributed by atoms with E-state index < -0.39 is 29.1 Å². The first-order valence-electron chi connectivity index (χ1n) is 9.25. The SMILES string of the molecule is COc1ccc2c(c1)[C@@H]([C@H](N[S@](=O)c1ccc(C)cc1)c1ccccc1)OC2=O. The number of rotatable bonds is 6. The Hall–Kier alpha value is -2.96. The molecule has 0 spiro atoms. The van der Waals surface area contributed by atoms with E-state index in [-0.39, 0.29) is 0 Å². The summed E-state index contributed by atoms with van der Waals surface area (Å²) in [6.45, 7) is 1.98. The van der Waals surface area contributed by atoms with Gasteiger partial charge in [-0.2, -0.15) is 0 Å². The van der Waals surface area contributed by atoms with Crippen molar-refractivity contribution >= 4 is 17.0 Å². The third-order valence-electron chi connectivity index (χ3n) is 4.95. The first kappa shape index (κ1) is 19.4. The van der Waals surface area contributed by atoms with Crippen molar-refractivity contribution in [3.63, 3.8) is 0 Å². The maximum absolute atomic E-state index is 13.0. The molecule has 0 unspecified atom stereocenters. The number of methoxy groups -OCH3 is 1. The molecule has 0 aliphatic carbocycles. The van der Waals surface area contributed by atoms with Gasteiger partial charge in [-0.25, -0.2) is 13.7 Å². The standard InChI is InChI=1S/C23H21NO4S/c1-15-8-11-18(12-9-15)29(26)24-21(16-6-4-3-5-7-16)22-20-14-17(27-2)10-13-19(20)23(25)28-22/h3-14,21-22,24H,1-2H3/t21-,22+,29-/m1/s1. The van der Waals surface area contributed by atoms with E-state index in [4.69, 9.17) is 9.47 Å². The molecule has 0 aromatic heterocycles. The zero-order valence-corrected chi connectivity index (χ0v) is 16.9. The largest absolute Gasteiger partial charge is 0.497 e. The van der Waals surface area contributed by atoms with Crippen molar-refractivity contribution < 1.29 is 18.5 Å². The van der Waals surface area contributed by atoms with Crippen LogP contribution in [-0.4, -0.2) is 17.3 Å². The van der Waals surface area contributed by atoms with Crippen LogP contribution in [-0.2, 0) is 15.7 Å². The molecule has 6 heteroatoms. The molecule has 1 aliphatic heterocycles. The molecule has 1 heterocycles. The second-order valence-corrected chi connectivity index (χ2v) is 8.11. The average Bonchev–Trinajstić information content (AvgIpc) is 3.08. The van der Waals surface area contributed by atoms with Crippen molar-refractivity contribution in [3.05, 3.63) is 95.1 Å². The van der Waals surface area contributed by atoms with Gasteiger partial charge < -0.3 is 9.47 Å². The molecule has 148 valence electrons. The highest BCUT2D eigenvalue weighted by Gasteiger charge is 2.38. The van der Waals surface area contributed by atoms with Gasteiger partial charge in [0, 0.05) is 5.56 Å². The van der Waals surface area contributed by atoms with Gasteiger partial charge >= 0.3 is 5.97 Å². The van der Waals surface area contributed by atoms with Gasteiger partial charge in [-0.1, -0.05) is 48.0 Å². The highest BCUT2D eigenvalue weighted by atomic mass is 32.2. The van der Waals surface area contributed by atoms with Crippen LogP contribution in [0.2, 0.25) is 0 Å². The molecule has 1 aliphatic rings. The molecule has 3 aromatic carbocycles. The molecule has 1 N–H and O–H groups in total. The fraction of sp³-hybridized carbons (Fsp3) is 0.174. The number of nitrogens with one attached hydrogen (secondary N) is 1. The van der Waals surface area contributed by atoms with E-state index in [0.717, 1.165) is 16.7 Å². The number of carbonyl (C=O) groups excluding carboxylic acids is 1. The Kier molecular flexibility index (Phi) is 5.47. The number of benzene rings is 3. The molecule has 0 saturated carbocycles. The second kappa shape index (κ2) is 8.19. The quantitative estimate of drug-likeness (QED) is 0.620. The fourth-order valence-corrected chi connectivity index (χ4v) is 4.40. The number of fused-ring (bicyclic) bond motifs is 1. The molecule has 0 radical (unpaired) electrons. The number of hydrogen-bond donors (Lipinski definition) is 1. The smallest absolute Gasteiger partial charge is 0.339 e. The predicted octanol–water partition coefficient (Wildman–Crippen LogP) is 4.27. The van der Waals surface area contributed by atoms with E-state index in [1.807, 2.05) is 61.5 Å². The Bertz CT molecular complexity index is 1050. The van der Waals surface area contributed by atoms with E-state index in [1.165, 1.54) is 0 Å². The maximum atomic E-state index is 13.0. The van der Waals surface area contributed by atoms with Crippen LogP contribution in [0.3, 0.4) is 0 Å². The number of cyclic esters (lactones) is 1. The molecule has 0 saturated heterocycles. The normalized spacial score (nSPS) is 17.3. The van der Waals surface area contributed by atoms with Crippen LogP contribution >= 0.6 is 0 Å². The summed E-state index contributed by atoms with van der Waals surface area (Å²) in [7, 11) is 0.0911. The van der Waals surface area contributed by atoms with Crippen LogP contribution in [0.4, 0.5) is 0 Å². The molecular formula is C23H21NO4S. The van der Waals surface area contributed by atoms with Crippen LogP contribution in [0.5, 0.6) is 5.75 Å². The van der Waals surface area contributed by atoms with E-state index in [9.17, 15) is 9.00 Å². The topological polar surface area (TPSA) is 64.6 Å². The van der Waals surface area contributed by atoms with Gasteiger partial charge in [-0.3, -0.25) is 0 Å². The Morgan fingerprint density at radius 2 is 1.76 bits per heavy atom. The first-order chi connectivity index (χ1) is 14.1. The van der Waals surface area contributed by atoms with Gasteiger partial charge in [0.15, 0.2) is 0 Å².